The van der Waals surface area contributed by atoms with E-state index in [0.717, 1.165) is 16.8 Å². The first-order valence-corrected chi connectivity index (χ1v) is 8.57. The molecule has 0 aliphatic heterocycles. The van der Waals surface area contributed by atoms with Crippen molar-refractivity contribution in [3.05, 3.63) is 70.5 Å². The van der Waals surface area contributed by atoms with Crippen LogP contribution in [-0.2, 0) is 6.54 Å². The SMILES string of the molecule is Cc1ccc(C)c(NC(=S)Nc2ncn(Cc3ccc(Cl)cc3)n2)c1. The number of hydrogen-bond acceptors (Lipinski definition) is 3. The predicted molar refractivity (Wildman–Crippen MR) is 106 cm³/mol. The summed E-state index contributed by atoms with van der Waals surface area (Å²) in [7, 11) is 0. The highest BCUT2D eigenvalue weighted by Gasteiger charge is 2.06. The number of hydrogen-bond donors (Lipinski definition) is 2. The molecule has 0 radical (unpaired) electrons. The molecule has 0 amide bonds. The Kier molecular flexibility index (Phi) is 5.31. The zero-order valence-corrected chi connectivity index (χ0v) is 15.5. The number of halogens is 1. The highest BCUT2D eigenvalue weighted by atomic mass is 35.5. The lowest BCUT2D eigenvalue weighted by atomic mass is 10.1. The van der Waals surface area contributed by atoms with Crippen molar-refractivity contribution in [2.45, 2.75) is 20.4 Å². The summed E-state index contributed by atoms with van der Waals surface area (Å²) in [4.78, 5) is 4.24. The smallest absolute Gasteiger partial charge is 0.248 e. The molecular formula is C18H18ClN5S. The molecule has 0 aliphatic rings. The molecule has 7 heteroatoms. The van der Waals surface area contributed by atoms with Crippen LogP contribution in [0.1, 0.15) is 16.7 Å². The molecule has 0 bridgehead atoms. The number of aryl methyl sites for hydroxylation is 2. The predicted octanol–water partition coefficient (Wildman–Crippen LogP) is 4.41. The van der Waals surface area contributed by atoms with Crippen LogP contribution in [0.3, 0.4) is 0 Å². The molecule has 2 aromatic carbocycles. The topological polar surface area (TPSA) is 54.8 Å². The maximum atomic E-state index is 5.90. The van der Waals surface area contributed by atoms with E-state index in [1.54, 1.807) is 11.0 Å². The van der Waals surface area contributed by atoms with Crippen molar-refractivity contribution in [1.82, 2.24) is 14.8 Å². The first-order valence-electron chi connectivity index (χ1n) is 7.79. The van der Waals surface area contributed by atoms with Crippen molar-refractivity contribution in [2.24, 2.45) is 0 Å². The molecule has 0 unspecified atom stereocenters. The molecule has 0 spiro atoms. The normalized spacial score (nSPS) is 10.5. The van der Waals surface area contributed by atoms with Crippen LogP contribution in [0, 0.1) is 13.8 Å². The minimum absolute atomic E-state index is 0.455. The van der Waals surface area contributed by atoms with E-state index in [4.69, 9.17) is 23.8 Å². The van der Waals surface area contributed by atoms with E-state index >= 15 is 0 Å². The molecule has 0 atom stereocenters. The molecule has 5 nitrogen and oxygen atoms in total. The highest BCUT2D eigenvalue weighted by molar-refractivity contribution is 7.80. The van der Waals surface area contributed by atoms with Crippen LogP contribution in [0.5, 0.6) is 0 Å². The van der Waals surface area contributed by atoms with Gasteiger partial charge in [-0.3, -0.25) is 5.32 Å². The Balaban J connectivity index is 1.61. The number of thiocarbonyl (C=S) groups is 1. The van der Waals surface area contributed by atoms with Crippen LogP contribution in [-0.4, -0.2) is 19.9 Å². The molecule has 2 N–H and O–H groups in total. The van der Waals surface area contributed by atoms with E-state index in [2.05, 4.69) is 38.9 Å². The standard InChI is InChI=1S/C18H18ClN5S/c1-12-3-4-13(2)16(9-12)21-18(25)22-17-20-11-24(23-17)10-14-5-7-15(19)8-6-14/h3-9,11H,10H2,1-2H3,(H2,21,22,23,25). The van der Waals surface area contributed by atoms with Gasteiger partial charge < -0.3 is 5.32 Å². The van der Waals surface area contributed by atoms with E-state index in [-0.39, 0.29) is 0 Å². The third kappa shape index (κ3) is 4.78. The Morgan fingerprint density at radius 1 is 1.12 bits per heavy atom. The second-order valence-electron chi connectivity index (χ2n) is 5.79. The minimum atomic E-state index is 0.455. The molecule has 3 rings (SSSR count). The van der Waals surface area contributed by atoms with Crippen molar-refractivity contribution in [3.8, 4) is 0 Å². The van der Waals surface area contributed by atoms with Gasteiger partial charge in [0.2, 0.25) is 5.95 Å². The molecule has 0 saturated carbocycles. The zero-order chi connectivity index (χ0) is 17.8. The van der Waals surface area contributed by atoms with Crippen LogP contribution in [0.2, 0.25) is 5.02 Å². The Morgan fingerprint density at radius 3 is 2.64 bits per heavy atom. The largest absolute Gasteiger partial charge is 0.332 e. The third-order valence-electron chi connectivity index (χ3n) is 3.66. The Labute approximate surface area is 157 Å². The number of nitrogens with one attached hydrogen (secondary N) is 2. The summed E-state index contributed by atoms with van der Waals surface area (Å²) in [6, 6.07) is 13.8. The molecule has 25 heavy (non-hydrogen) atoms. The van der Waals surface area contributed by atoms with Gasteiger partial charge in [-0.15, -0.1) is 5.10 Å². The number of aromatic nitrogens is 3. The maximum absolute atomic E-state index is 5.90. The second-order valence-corrected chi connectivity index (χ2v) is 6.63. The van der Waals surface area contributed by atoms with E-state index in [1.165, 1.54) is 5.56 Å². The van der Waals surface area contributed by atoms with Gasteiger partial charge in [-0.1, -0.05) is 35.9 Å². The fraction of sp³-hybridized carbons (Fsp3) is 0.167. The van der Waals surface area contributed by atoms with E-state index in [0.29, 0.717) is 22.6 Å². The van der Waals surface area contributed by atoms with Crippen LogP contribution >= 0.6 is 23.8 Å². The molecule has 1 aromatic heterocycles. The van der Waals surface area contributed by atoms with Gasteiger partial charge in [0.15, 0.2) is 5.11 Å². The summed E-state index contributed by atoms with van der Waals surface area (Å²) >= 11 is 11.2. The van der Waals surface area contributed by atoms with Gasteiger partial charge in [0.25, 0.3) is 0 Å². The van der Waals surface area contributed by atoms with Crippen molar-refractivity contribution < 1.29 is 0 Å². The van der Waals surface area contributed by atoms with Gasteiger partial charge >= 0.3 is 0 Å². The summed E-state index contributed by atoms with van der Waals surface area (Å²) < 4.78 is 1.74. The van der Waals surface area contributed by atoms with Crippen LogP contribution in [0.25, 0.3) is 0 Å². The van der Waals surface area contributed by atoms with Crippen molar-refractivity contribution in [2.75, 3.05) is 10.6 Å². The van der Waals surface area contributed by atoms with Crippen LogP contribution < -0.4 is 10.6 Å². The summed E-state index contributed by atoms with van der Waals surface area (Å²) in [5.41, 5.74) is 4.35. The van der Waals surface area contributed by atoms with Crippen molar-refractivity contribution in [3.63, 3.8) is 0 Å². The average Bonchev–Trinajstić information content (AvgIpc) is 3.00. The maximum Gasteiger partial charge on any atom is 0.248 e. The summed E-state index contributed by atoms with van der Waals surface area (Å²) in [6.45, 7) is 4.69. The number of benzene rings is 2. The van der Waals surface area contributed by atoms with Gasteiger partial charge in [-0.25, -0.2) is 9.67 Å². The van der Waals surface area contributed by atoms with Crippen molar-refractivity contribution in [1.29, 1.82) is 0 Å². The Hall–Kier alpha value is -2.44. The Bertz CT molecular complexity index is 889. The van der Waals surface area contributed by atoms with Gasteiger partial charge in [0.1, 0.15) is 6.33 Å². The fourth-order valence-corrected chi connectivity index (χ4v) is 2.66. The first kappa shape index (κ1) is 17.4. The van der Waals surface area contributed by atoms with E-state index in [9.17, 15) is 0 Å². The van der Waals surface area contributed by atoms with E-state index < -0.39 is 0 Å². The van der Waals surface area contributed by atoms with E-state index in [1.807, 2.05) is 38.1 Å². The van der Waals surface area contributed by atoms with Crippen LogP contribution in [0.15, 0.2) is 48.8 Å². The van der Waals surface area contributed by atoms with Crippen molar-refractivity contribution >= 4 is 40.6 Å². The first-order chi connectivity index (χ1) is 12.0. The van der Waals surface area contributed by atoms with Gasteiger partial charge in [0, 0.05) is 10.7 Å². The lowest BCUT2D eigenvalue weighted by Gasteiger charge is -2.11. The molecule has 1 heterocycles. The summed E-state index contributed by atoms with van der Waals surface area (Å²) in [5, 5.41) is 11.7. The molecule has 0 fully saturated rings. The molecule has 0 aliphatic carbocycles. The molecule has 128 valence electrons. The fourth-order valence-electron chi connectivity index (χ4n) is 2.33. The number of rotatable bonds is 4. The van der Waals surface area contributed by atoms with Crippen LogP contribution in [0.4, 0.5) is 11.6 Å². The Morgan fingerprint density at radius 2 is 1.88 bits per heavy atom. The zero-order valence-electron chi connectivity index (χ0n) is 14.0. The van der Waals surface area contributed by atoms with Gasteiger partial charge in [-0.05, 0) is 61.0 Å². The highest BCUT2D eigenvalue weighted by Crippen LogP contribution is 2.16. The van der Waals surface area contributed by atoms with Gasteiger partial charge in [0.05, 0.1) is 6.54 Å². The summed E-state index contributed by atoms with van der Waals surface area (Å²) in [6.07, 6.45) is 1.66. The third-order valence-corrected chi connectivity index (χ3v) is 4.12. The quantitative estimate of drug-likeness (QED) is 0.665. The molecule has 3 aromatic rings. The lowest BCUT2D eigenvalue weighted by Crippen LogP contribution is -2.20. The molecular weight excluding hydrogens is 354 g/mol. The monoisotopic (exact) mass is 371 g/mol. The molecule has 0 saturated heterocycles. The minimum Gasteiger partial charge on any atom is -0.332 e. The second kappa shape index (κ2) is 7.63. The summed E-state index contributed by atoms with van der Waals surface area (Å²) in [5.74, 6) is 0.455. The number of nitrogens with zero attached hydrogens (tertiary/aromatic N) is 3. The average molecular weight is 372 g/mol. The lowest BCUT2D eigenvalue weighted by molar-refractivity contribution is 0.687. The number of anilines is 2. The van der Waals surface area contributed by atoms with Gasteiger partial charge in [-0.2, -0.15) is 0 Å².